The molecule has 0 saturated carbocycles. The van der Waals surface area contributed by atoms with E-state index >= 15 is 0 Å². The molecule has 0 aliphatic heterocycles. The van der Waals surface area contributed by atoms with Crippen molar-refractivity contribution in [3.8, 4) is 0 Å². The highest BCUT2D eigenvalue weighted by atomic mass is 16.5. The van der Waals surface area contributed by atoms with Gasteiger partial charge in [0.25, 0.3) is 0 Å². The molecular weight excluding hydrogens is 418 g/mol. The molecule has 0 amide bonds. The van der Waals surface area contributed by atoms with E-state index in [1.54, 1.807) is 21.0 Å². The molecule has 0 aliphatic carbocycles. The van der Waals surface area contributed by atoms with Gasteiger partial charge in [0.2, 0.25) is 5.95 Å². The van der Waals surface area contributed by atoms with Gasteiger partial charge in [-0.1, -0.05) is 29.8 Å². The van der Waals surface area contributed by atoms with E-state index in [9.17, 15) is 9.59 Å². The van der Waals surface area contributed by atoms with Crippen LogP contribution in [0.5, 0.6) is 0 Å². The van der Waals surface area contributed by atoms with E-state index in [4.69, 9.17) is 4.74 Å². The third kappa shape index (κ3) is 5.90. The van der Waals surface area contributed by atoms with Crippen molar-refractivity contribution in [3.05, 3.63) is 80.6 Å². The fraction of sp³-hybridized carbons (Fsp3) is 0.400. The van der Waals surface area contributed by atoms with E-state index in [2.05, 4.69) is 22.1 Å². The second-order valence-corrected chi connectivity index (χ2v) is 8.28. The lowest BCUT2D eigenvalue weighted by atomic mass is 10.1. The van der Waals surface area contributed by atoms with Gasteiger partial charge in [-0.05, 0) is 57.5 Å². The molecule has 0 unspecified atom stereocenters. The maximum absolute atomic E-state index is 13.2. The van der Waals surface area contributed by atoms with Gasteiger partial charge in [-0.25, -0.2) is 14.2 Å². The first-order valence-electron chi connectivity index (χ1n) is 11.2. The van der Waals surface area contributed by atoms with E-state index in [0.717, 1.165) is 35.6 Å². The third-order valence-electron chi connectivity index (χ3n) is 5.51. The molecule has 3 aromatic rings. The van der Waals surface area contributed by atoms with Crippen LogP contribution >= 0.6 is 0 Å². The molecule has 0 atom stereocenters. The number of nitrogens with zero attached hydrogens (tertiary/aromatic N) is 4. The summed E-state index contributed by atoms with van der Waals surface area (Å²) in [5.41, 5.74) is 2.95. The average Bonchev–Trinajstić information content (AvgIpc) is 2.79. The van der Waals surface area contributed by atoms with Crippen LogP contribution in [0.25, 0.3) is 0 Å². The lowest BCUT2D eigenvalue weighted by molar-refractivity contribution is 0.205. The first kappa shape index (κ1) is 24.3. The van der Waals surface area contributed by atoms with Crippen LogP contribution in [0.15, 0.2) is 58.1 Å². The molecule has 0 fully saturated rings. The zero-order valence-electron chi connectivity index (χ0n) is 20.0. The van der Waals surface area contributed by atoms with E-state index in [0.29, 0.717) is 13.2 Å². The Labute approximate surface area is 194 Å². The van der Waals surface area contributed by atoms with Crippen LogP contribution in [-0.4, -0.2) is 40.9 Å². The van der Waals surface area contributed by atoms with Crippen molar-refractivity contribution in [3.63, 3.8) is 0 Å². The number of benzene rings is 2. The second-order valence-electron chi connectivity index (χ2n) is 8.28. The van der Waals surface area contributed by atoms with Gasteiger partial charge in [-0.2, -0.15) is 4.98 Å². The molecule has 8 nitrogen and oxygen atoms in total. The Bertz CT molecular complexity index is 1160. The Balaban J connectivity index is 1.95. The van der Waals surface area contributed by atoms with Crippen molar-refractivity contribution in [2.45, 2.75) is 40.3 Å². The van der Waals surface area contributed by atoms with Crippen LogP contribution in [-0.2, 0) is 11.3 Å². The summed E-state index contributed by atoms with van der Waals surface area (Å²) in [7, 11) is 1.69. The van der Waals surface area contributed by atoms with Crippen LogP contribution in [0.2, 0.25) is 0 Å². The van der Waals surface area contributed by atoms with Gasteiger partial charge < -0.3 is 15.0 Å². The minimum absolute atomic E-state index is 0.224. The Kier molecular flexibility index (Phi) is 8.06. The number of anilines is 3. The highest BCUT2D eigenvalue weighted by Gasteiger charge is 2.16. The van der Waals surface area contributed by atoms with Crippen molar-refractivity contribution in [2.24, 2.45) is 0 Å². The van der Waals surface area contributed by atoms with Gasteiger partial charge in [0.05, 0.1) is 13.2 Å². The number of nitrogens with one attached hydrogen (secondary N) is 1. The Morgan fingerprint density at radius 1 is 1.06 bits per heavy atom. The molecule has 2 aromatic carbocycles. The molecule has 1 aromatic heterocycles. The number of likely N-dealkylation sites (N-methyl/N-ethyl adjacent to an activating group) is 1. The van der Waals surface area contributed by atoms with Crippen molar-refractivity contribution < 1.29 is 4.74 Å². The van der Waals surface area contributed by atoms with Crippen LogP contribution < -0.4 is 21.6 Å². The monoisotopic (exact) mass is 451 g/mol. The SMILES string of the molecule is CCN(CCOC)c1ccc(Nc2nc(=O)n(C(C)C)c(=O)n2Cc2ccc(C)cc2)cc1. The average molecular weight is 452 g/mol. The largest absolute Gasteiger partial charge is 0.383 e. The van der Waals surface area contributed by atoms with Crippen molar-refractivity contribution >= 4 is 17.3 Å². The summed E-state index contributed by atoms with van der Waals surface area (Å²) < 4.78 is 7.88. The smallest absolute Gasteiger partial charge is 0.355 e. The molecular formula is C25H33N5O3. The van der Waals surface area contributed by atoms with Crippen molar-refractivity contribution in [1.29, 1.82) is 0 Å². The van der Waals surface area contributed by atoms with Gasteiger partial charge in [0.15, 0.2) is 0 Å². The number of aryl methyl sites for hydroxylation is 1. The normalized spacial score (nSPS) is 11.1. The lowest BCUT2D eigenvalue weighted by Gasteiger charge is -2.23. The molecule has 8 heteroatoms. The number of ether oxygens (including phenoxy) is 1. The molecule has 33 heavy (non-hydrogen) atoms. The first-order chi connectivity index (χ1) is 15.8. The number of aromatic nitrogens is 3. The lowest BCUT2D eigenvalue weighted by Crippen LogP contribution is -2.43. The van der Waals surface area contributed by atoms with Crippen LogP contribution in [0.4, 0.5) is 17.3 Å². The van der Waals surface area contributed by atoms with Gasteiger partial charge in [0.1, 0.15) is 0 Å². The minimum Gasteiger partial charge on any atom is -0.383 e. The summed E-state index contributed by atoms with van der Waals surface area (Å²) in [5, 5.41) is 3.17. The van der Waals surface area contributed by atoms with Crippen LogP contribution in [0.1, 0.15) is 37.9 Å². The molecule has 0 radical (unpaired) electrons. The molecule has 3 rings (SSSR count). The van der Waals surface area contributed by atoms with E-state index in [1.807, 2.05) is 55.5 Å². The molecule has 0 bridgehead atoms. The molecule has 1 N–H and O–H groups in total. The standard InChI is InChI=1S/C25H33N5O3/c1-6-28(15-16-33-5)22-13-11-21(12-14-22)26-23-27-24(31)30(18(2)3)25(32)29(23)17-20-9-7-19(4)8-10-20/h7-14,18H,6,15-17H2,1-5H3,(H,26,27,31). The Hall–Kier alpha value is -3.39. The summed E-state index contributed by atoms with van der Waals surface area (Å²) in [6.07, 6.45) is 0. The van der Waals surface area contributed by atoms with E-state index in [1.165, 1.54) is 9.13 Å². The predicted octanol–water partition coefficient (Wildman–Crippen LogP) is 3.56. The maximum atomic E-state index is 13.2. The second kappa shape index (κ2) is 11.0. The van der Waals surface area contributed by atoms with E-state index in [-0.39, 0.29) is 17.7 Å². The van der Waals surface area contributed by atoms with Gasteiger partial charge in [-0.3, -0.25) is 4.57 Å². The maximum Gasteiger partial charge on any atom is 0.355 e. The summed E-state index contributed by atoms with van der Waals surface area (Å²) in [6, 6.07) is 15.5. The third-order valence-corrected chi connectivity index (χ3v) is 5.51. The summed E-state index contributed by atoms with van der Waals surface area (Å²) >= 11 is 0. The van der Waals surface area contributed by atoms with Gasteiger partial charge >= 0.3 is 11.4 Å². The highest BCUT2D eigenvalue weighted by molar-refractivity contribution is 5.59. The zero-order chi connectivity index (χ0) is 24.0. The Morgan fingerprint density at radius 3 is 2.30 bits per heavy atom. The molecule has 1 heterocycles. The minimum atomic E-state index is -0.564. The molecule has 0 saturated heterocycles. The van der Waals surface area contributed by atoms with Gasteiger partial charge in [-0.15, -0.1) is 0 Å². The first-order valence-corrected chi connectivity index (χ1v) is 11.2. The summed E-state index contributed by atoms with van der Waals surface area (Å²) in [4.78, 5) is 32.2. The van der Waals surface area contributed by atoms with Crippen molar-refractivity contribution in [1.82, 2.24) is 14.1 Å². The van der Waals surface area contributed by atoms with Crippen molar-refractivity contribution in [2.75, 3.05) is 37.0 Å². The number of methoxy groups -OCH3 is 1. The molecule has 176 valence electrons. The van der Waals surface area contributed by atoms with Crippen LogP contribution in [0.3, 0.4) is 0 Å². The quantitative estimate of drug-likeness (QED) is 0.508. The van der Waals surface area contributed by atoms with E-state index < -0.39 is 5.69 Å². The van der Waals surface area contributed by atoms with Crippen LogP contribution in [0, 0.1) is 6.92 Å². The number of hydrogen-bond acceptors (Lipinski definition) is 6. The predicted molar refractivity (Wildman–Crippen MR) is 133 cm³/mol. The number of hydrogen-bond donors (Lipinski definition) is 1. The highest BCUT2D eigenvalue weighted by Crippen LogP contribution is 2.20. The summed E-state index contributed by atoms with van der Waals surface area (Å²) in [5.74, 6) is 0.224. The topological polar surface area (TPSA) is 81.4 Å². The Morgan fingerprint density at radius 2 is 1.73 bits per heavy atom. The number of rotatable bonds is 10. The summed E-state index contributed by atoms with van der Waals surface area (Å²) in [6.45, 7) is 10.3. The molecule has 0 aliphatic rings. The molecule has 0 spiro atoms. The fourth-order valence-corrected chi connectivity index (χ4v) is 3.62. The zero-order valence-corrected chi connectivity index (χ0v) is 20.0. The van der Waals surface area contributed by atoms with Gasteiger partial charge in [0, 0.05) is 37.6 Å². The fourth-order valence-electron chi connectivity index (χ4n) is 3.62.